The summed E-state index contributed by atoms with van der Waals surface area (Å²) in [6, 6.07) is 2.35. The van der Waals surface area contributed by atoms with E-state index in [2.05, 4.69) is 15.5 Å². The molecule has 0 saturated heterocycles. The van der Waals surface area contributed by atoms with E-state index in [-0.39, 0.29) is 35.0 Å². The molecule has 2 atom stereocenters. The average Bonchev–Trinajstić information content (AvgIpc) is 2.70. The summed E-state index contributed by atoms with van der Waals surface area (Å²) in [6.07, 6.45) is -0.686. The van der Waals surface area contributed by atoms with Crippen molar-refractivity contribution in [2.24, 2.45) is 5.92 Å². The number of halogens is 6. The van der Waals surface area contributed by atoms with E-state index in [1.54, 1.807) is 0 Å². The van der Waals surface area contributed by atoms with Crippen molar-refractivity contribution in [1.29, 1.82) is 0 Å². The van der Waals surface area contributed by atoms with E-state index in [1.807, 2.05) is 0 Å². The molecule has 4 nitrogen and oxygen atoms in total. The van der Waals surface area contributed by atoms with Crippen LogP contribution in [0.4, 0.5) is 32.0 Å². The Morgan fingerprint density at radius 2 is 1.56 bits per heavy atom. The normalized spacial score (nSPS) is 22.7. The minimum atomic E-state index is -2.83. The van der Waals surface area contributed by atoms with Crippen LogP contribution in [0, 0.1) is 29.2 Å². The Morgan fingerprint density at radius 1 is 0.938 bits per heavy atom. The first-order valence-electron chi connectivity index (χ1n) is 10.2. The Kier molecular flexibility index (Phi) is 4.72. The summed E-state index contributed by atoms with van der Waals surface area (Å²) >= 11 is 0. The van der Waals surface area contributed by atoms with Gasteiger partial charge in [-0.3, -0.25) is 4.79 Å². The monoisotopic (exact) mass is 453 g/mol. The number of nitrogens with zero attached hydrogens (tertiary/aromatic N) is 1. The van der Waals surface area contributed by atoms with Gasteiger partial charge in [0.15, 0.2) is 0 Å². The fourth-order valence-electron chi connectivity index (χ4n) is 5.04. The summed E-state index contributed by atoms with van der Waals surface area (Å²) in [5, 5.41) is 9.41. The summed E-state index contributed by atoms with van der Waals surface area (Å²) in [7, 11) is 0. The van der Waals surface area contributed by atoms with Crippen LogP contribution < -0.4 is 10.9 Å². The van der Waals surface area contributed by atoms with Crippen LogP contribution >= 0.6 is 0 Å². The molecule has 2 N–H and O–H groups in total. The number of anilines is 1. The fourth-order valence-corrected chi connectivity index (χ4v) is 5.04. The number of benzene rings is 2. The van der Waals surface area contributed by atoms with Gasteiger partial charge < -0.3 is 5.32 Å². The van der Waals surface area contributed by atoms with E-state index in [9.17, 15) is 31.1 Å². The molecule has 32 heavy (non-hydrogen) atoms. The molecule has 5 rings (SSSR count). The molecular weight excluding hydrogens is 436 g/mol. The number of nitrogens with one attached hydrogen (secondary N) is 2. The van der Waals surface area contributed by atoms with Crippen molar-refractivity contribution in [3.8, 4) is 0 Å². The number of hydrogen-bond acceptors (Lipinski definition) is 3. The van der Waals surface area contributed by atoms with Crippen LogP contribution in [0.25, 0.3) is 10.8 Å². The van der Waals surface area contributed by atoms with Crippen molar-refractivity contribution in [3.05, 3.63) is 69.1 Å². The zero-order valence-corrected chi connectivity index (χ0v) is 16.5. The summed E-state index contributed by atoms with van der Waals surface area (Å²) in [4.78, 5) is 12.3. The van der Waals surface area contributed by atoms with Crippen LogP contribution in [-0.2, 0) is 0 Å². The third kappa shape index (κ3) is 3.32. The van der Waals surface area contributed by atoms with Crippen molar-refractivity contribution >= 4 is 16.5 Å². The molecule has 1 aliphatic heterocycles. The summed E-state index contributed by atoms with van der Waals surface area (Å²) in [6.45, 7) is 0. The lowest BCUT2D eigenvalue weighted by Gasteiger charge is -2.41. The highest BCUT2D eigenvalue weighted by Crippen LogP contribution is 2.48. The topological polar surface area (TPSA) is 57.8 Å². The molecular formula is C22H17F6N3O. The molecule has 0 bridgehead atoms. The van der Waals surface area contributed by atoms with Gasteiger partial charge in [-0.2, -0.15) is 5.10 Å². The number of aromatic nitrogens is 2. The standard InChI is InChI=1S/C22H17F6N3O/c23-10-5-12-16-15(8-10)29-19(9-1-3-22(27,28)4-2-9)18(20(16)30-31-21(12)32)17-13(25)6-11(24)7-14(17)26/h5-9,18-19,29H,1-4H2,(H,31,32). The molecule has 168 valence electrons. The van der Waals surface area contributed by atoms with Gasteiger partial charge in [0, 0.05) is 47.7 Å². The summed E-state index contributed by atoms with van der Waals surface area (Å²) < 4.78 is 85.1. The van der Waals surface area contributed by atoms with Gasteiger partial charge in [0.2, 0.25) is 5.92 Å². The maximum atomic E-state index is 14.9. The van der Waals surface area contributed by atoms with Gasteiger partial charge in [0.1, 0.15) is 23.3 Å². The minimum Gasteiger partial charge on any atom is -0.380 e. The third-order valence-electron chi connectivity index (χ3n) is 6.48. The highest BCUT2D eigenvalue weighted by Gasteiger charge is 2.45. The third-order valence-corrected chi connectivity index (χ3v) is 6.48. The van der Waals surface area contributed by atoms with Gasteiger partial charge in [0.05, 0.1) is 17.0 Å². The van der Waals surface area contributed by atoms with Gasteiger partial charge >= 0.3 is 0 Å². The van der Waals surface area contributed by atoms with E-state index in [0.29, 0.717) is 12.1 Å². The molecule has 3 aromatic rings. The zero-order valence-electron chi connectivity index (χ0n) is 16.5. The first-order valence-corrected chi connectivity index (χ1v) is 10.2. The Morgan fingerprint density at radius 3 is 2.22 bits per heavy atom. The van der Waals surface area contributed by atoms with E-state index >= 15 is 0 Å². The largest absolute Gasteiger partial charge is 0.380 e. The fraction of sp³-hybridized carbons (Fsp3) is 0.364. The van der Waals surface area contributed by atoms with Crippen molar-refractivity contribution in [3.63, 3.8) is 0 Å². The van der Waals surface area contributed by atoms with Gasteiger partial charge in [-0.1, -0.05) is 0 Å². The van der Waals surface area contributed by atoms with Crippen molar-refractivity contribution in [2.75, 3.05) is 5.32 Å². The Hall–Kier alpha value is -3.04. The van der Waals surface area contributed by atoms with Crippen LogP contribution in [0.1, 0.15) is 42.9 Å². The molecule has 1 aliphatic carbocycles. The molecule has 2 aliphatic rings. The lowest BCUT2D eigenvalue weighted by molar-refractivity contribution is -0.0481. The molecule has 0 amide bonds. The Labute approximate surface area is 177 Å². The lowest BCUT2D eigenvalue weighted by atomic mass is 9.72. The lowest BCUT2D eigenvalue weighted by Crippen LogP contribution is -2.43. The highest BCUT2D eigenvalue weighted by atomic mass is 19.3. The van der Waals surface area contributed by atoms with Crippen molar-refractivity contribution in [2.45, 2.75) is 43.6 Å². The molecule has 1 fully saturated rings. The molecule has 2 heterocycles. The van der Waals surface area contributed by atoms with Gasteiger partial charge in [-0.05, 0) is 30.9 Å². The Bertz CT molecular complexity index is 1260. The number of aromatic amines is 1. The smallest absolute Gasteiger partial charge is 0.272 e. The predicted octanol–water partition coefficient (Wildman–Crippen LogP) is 5.23. The first-order chi connectivity index (χ1) is 15.1. The molecule has 1 aromatic heterocycles. The van der Waals surface area contributed by atoms with E-state index in [1.165, 1.54) is 0 Å². The van der Waals surface area contributed by atoms with E-state index in [4.69, 9.17) is 0 Å². The van der Waals surface area contributed by atoms with Crippen molar-refractivity contribution < 1.29 is 26.3 Å². The van der Waals surface area contributed by atoms with Crippen LogP contribution in [-0.4, -0.2) is 22.2 Å². The number of H-pyrrole nitrogens is 1. The molecule has 0 spiro atoms. The maximum absolute atomic E-state index is 14.9. The van der Waals surface area contributed by atoms with Crippen LogP contribution in [0.3, 0.4) is 0 Å². The average molecular weight is 453 g/mol. The quantitative estimate of drug-likeness (QED) is 0.523. The summed E-state index contributed by atoms with van der Waals surface area (Å²) in [5.41, 5.74) is -0.923. The molecule has 2 unspecified atom stereocenters. The Balaban J connectivity index is 1.74. The number of alkyl halides is 2. The highest BCUT2D eigenvalue weighted by molar-refractivity contribution is 5.97. The van der Waals surface area contributed by atoms with Crippen LogP contribution in [0.2, 0.25) is 0 Å². The maximum Gasteiger partial charge on any atom is 0.272 e. The molecule has 10 heteroatoms. The van der Waals surface area contributed by atoms with Gasteiger partial charge in [0.25, 0.3) is 5.56 Å². The first kappa shape index (κ1) is 20.8. The number of rotatable bonds is 2. The molecule has 2 aromatic carbocycles. The van der Waals surface area contributed by atoms with E-state index < -0.39 is 71.0 Å². The van der Waals surface area contributed by atoms with Crippen LogP contribution in [0.15, 0.2) is 29.1 Å². The SMILES string of the molecule is O=c1[nH]nc2c3c(cc(F)cc13)NC(C1CCC(F)(F)CC1)C2c1c(F)cc(F)cc1F. The second-order valence-electron chi connectivity index (χ2n) is 8.44. The zero-order chi connectivity index (χ0) is 22.8. The van der Waals surface area contributed by atoms with Gasteiger partial charge in [-0.25, -0.2) is 31.4 Å². The molecule has 1 saturated carbocycles. The van der Waals surface area contributed by atoms with E-state index in [0.717, 1.165) is 12.1 Å². The van der Waals surface area contributed by atoms with Crippen molar-refractivity contribution in [1.82, 2.24) is 10.2 Å². The van der Waals surface area contributed by atoms with Crippen LogP contribution in [0.5, 0.6) is 0 Å². The molecule has 0 radical (unpaired) electrons. The second kappa shape index (κ2) is 7.25. The van der Waals surface area contributed by atoms with Gasteiger partial charge in [-0.15, -0.1) is 0 Å². The summed E-state index contributed by atoms with van der Waals surface area (Å²) in [5.74, 6) is -8.59. The number of hydrogen-bond donors (Lipinski definition) is 2. The predicted molar refractivity (Wildman–Crippen MR) is 105 cm³/mol. The second-order valence-corrected chi connectivity index (χ2v) is 8.44. The minimum absolute atomic E-state index is 0.0583.